The highest BCUT2D eigenvalue weighted by molar-refractivity contribution is 5.28. The minimum Gasteiger partial charge on any atom is -0.297 e. The zero-order chi connectivity index (χ0) is 13.0. The molecule has 0 saturated carbocycles. The van der Waals surface area contributed by atoms with Crippen LogP contribution in [-0.2, 0) is 7.05 Å². The SMILES string of the molecule is C#CC(CCC)NC(C)c1c(C)nn(C)c1C. The average molecular weight is 233 g/mol. The van der Waals surface area contributed by atoms with Crippen molar-refractivity contribution in [2.24, 2.45) is 7.05 Å². The van der Waals surface area contributed by atoms with Crippen molar-refractivity contribution in [2.45, 2.75) is 52.6 Å². The molecule has 0 aliphatic rings. The summed E-state index contributed by atoms with van der Waals surface area (Å²) in [7, 11) is 1.98. The van der Waals surface area contributed by atoms with Crippen LogP contribution in [0, 0.1) is 26.2 Å². The standard InChI is InChI=1S/C14H23N3/c1-7-9-13(8-2)15-10(3)14-11(4)16-17(6)12(14)5/h2,10,13,15H,7,9H2,1,3-6H3. The number of hydrogen-bond donors (Lipinski definition) is 1. The summed E-state index contributed by atoms with van der Waals surface area (Å²) in [5, 5.41) is 7.93. The van der Waals surface area contributed by atoms with Gasteiger partial charge in [0.05, 0.1) is 11.7 Å². The maximum absolute atomic E-state index is 5.53. The molecule has 0 amide bonds. The molecule has 2 atom stereocenters. The van der Waals surface area contributed by atoms with Crippen molar-refractivity contribution in [3.05, 3.63) is 17.0 Å². The van der Waals surface area contributed by atoms with Gasteiger partial charge in [-0.05, 0) is 27.2 Å². The van der Waals surface area contributed by atoms with Crippen molar-refractivity contribution in [3.8, 4) is 12.3 Å². The summed E-state index contributed by atoms with van der Waals surface area (Å²) in [5.41, 5.74) is 3.55. The van der Waals surface area contributed by atoms with E-state index in [2.05, 4.69) is 37.1 Å². The molecule has 0 saturated heterocycles. The zero-order valence-electron chi connectivity index (χ0n) is 11.5. The minimum atomic E-state index is 0.147. The van der Waals surface area contributed by atoms with Crippen molar-refractivity contribution in [2.75, 3.05) is 0 Å². The fourth-order valence-corrected chi connectivity index (χ4v) is 2.31. The van der Waals surface area contributed by atoms with E-state index in [0.717, 1.165) is 18.5 Å². The monoisotopic (exact) mass is 233 g/mol. The summed E-state index contributed by atoms with van der Waals surface area (Å²) in [4.78, 5) is 0. The Hall–Kier alpha value is -1.27. The molecular weight excluding hydrogens is 210 g/mol. The summed E-state index contributed by atoms with van der Waals surface area (Å²) in [6.45, 7) is 8.44. The predicted molar refractivity (Wildman–Crippen MR) is 71.8 cm³/mol. The van der Waals surface area contributed by atoms with Crippen molar-refractivity contribution in [1.29, 1.82) is 0 Å². The van der Waals surface area contributed by atoms with Gasteiger partial charge >= 0.3 is 0 Å². The molecule has 0 aliphatic heterocycles. The lowest BCUT2D eigenvalue weighted by atomic mass is 10.0. The summed E-state index contributed by atoms with van der Waals surface area (Å²) in [6.07, 6.45) is 7.64. The molecule has 1 aromatic rings. The first-order valence-electron chi connectivity index (χ1n) is 6.23. The van der Waals surface area contributed by atoms with Crippen molar-refractivity contribution in [3.63, 3.8) is 0 Å². The van der Waals surface area contributed by atoms with Crippen LogP contribution >= 0.6 is 0 Å². The minimum absolute atomic E-state index is 0.147. The first-order chi connectivity index (χ1) is 8.01. The van der Waals surface area contributed by atoms with Gasteiger partial charge in [-0.15, -0.1) is 6.42 Å². The Morgan fingerprint density at radius 2 is 2.12 bits per heavy atom. The lowest BCUT2D eigenvalue weighted by Crippen LogP contribution is -2.30. The smallest absolute Gasteiger partial charge is 0.0691 e. The van der Waals surface area contributed by atoms with Crippen LogP contribution in [0.4, 0.5) is 0 Å². The third-order valence-electron chi connectivity index (χ3n) is 3.23. The highest BCUT2D eigenvalue weighted by Crippen LogP contribution is 2.21. The fraction of sp³-hybridized carbons (Fsp3) is 0.643. The molecule has 3 nitrogen and oxygen atoms in total. The lowest BCUT2D eigenvalue weighted by Gasteiger charge is -2.19. The largest absolute Gasteiger partial charge is 0.297 e. The number of hydrogen-bond acceptors (Lipinski definition) is 2. The summed E-state index contributed by atoms with van der Waals surface area (Å²) < 4.78 is 1.92. The maximum Gasteiger partial charge on any atom is 0.0691 e. The van der Waals surface area contributed by atoms with Gasteiger partial charge in [-0.3, -0.25) is 10.00 Å². The molecule has 0 bridgehead atoms. The van der Waals surface area contributed by atoms with Crippen LogP contribution in [0.1, 0.15) is 49.7 Å². The predicted octanol–water partition coefficient (Wildman–Crippen LogP) is 2.49. The summed E-state index contributed by atoms with van der Waals surface area (Å²) in [5.74, 6) is 2.81. The second-order valence-electron chi connectivity index (χ2n) is 4.60. The third kappa shape index (κ3) is 3.10. The van der Waals surface area contributed by atoms with Crippen molar-refractivity contribution >= 4 is 0 Å². The summed E-state index contributed by atoms with van der Waals surface area (Å²) in [6, 6.07) is 0.394. The number of nitrogens with zero attached hydrogens (tertiary/aromatic N) is 2. The molecule has 1 N–H and O–H groups in total. The quantitative estimate of drug-likeness (QED) is 0.792. The molecule has 0 radical (unpaired) electrons. The van der Waals surface area contributed by atoms with Gasteiger partial charge in [-0.25, -0.2) is 0 Å². The van der Waals surface area contributed by atoms with Crippen LogP contribution < -0.4 is 5.32 Å². The number of aromatic nitrogens is 2. The maximum atomic E-state index is 5.53. The second kappa shape index (κ2) is 5.88. The van der Waals surface area contributed by atoms with Gasteiger partial charge in [-0.1, -0.05) is 19.3 Å². The molecule has 3 heteroatoms. The van der Waals surface area contributed by atoms with Crippen LogP contribution in [0.25, 0.3) is 0 Å². The Morgan fingerprint density at radius 1 is 1.47 bits per heavy atom. The Balaban J connectivity index is 2.82. The topological polar surface area (TPSA) is 29.9 Å². The van der Waals surface area contributed by atoms with Crippen LogP contribution in [0.2, 0.25) is 0 Å². The molecule has 0 aromatic carbocycles. The van der Waals surface area contributed by atoms with E-state index in [9.17, 15) is 0 Å². The van der Waals surface area contributed by atoms with E-state index in [4.69, 9.17) is 6.42 Å². The number of nitrogens with one attached hydrogen (secondary N) is 1. The van der Waals surface area contributed by atoms with Gasteiger partial charge in [0.1, 0.15) is 0 Å². The first-order valence-corrected chi connectivity index (χ1v) is 6.23. The molecule has 2 unspecified atom stereocenters. The lowest BCUT2D eigenvalue weighted by molar-refractivity contribution is 0.492. The van der Waals surface area contributed by atoms with Crippen molar-refractivity contribution in [1.82, 2.24) is 15.1 Å². The van der Waals surface area contributed by atoms with Gasteiger partial charge in [0, 0.05) is 24.3 Å². The number of aryl methyl sites for hydroxylation is 2. The summed E-state index contributed by atoms with van der Waals surface area (Å²) >= 11 is 0. The average Bonchev–Trinajstić information content (AvgIpc) is 2.52. The van der Waals surface area contributed by atoms with E-state index in [1.54, 1.807) is 0 Å². The van der Waals surface area contributed by atoms with Crippen LogP contribution in [0.5, 0.6) is 0 Å². The Kier molecular flexibility index (Phi) is 4.77. The zero-order valence-corrected chi connectivity index (χ0v) is 11.5. The Bertz CT molecular complexity index is 412. The van der Waals surface area contributed by atoms with Gasteiger partial charge < -0.3 is 0 Å². The van der Waals surface area contributed by atoms with Gasteiger partial charge in [0.25, 0.3) is 0 Å². The fourth-order valence-electron chi connectivity index (χ4n) is 2.31. The first kappa shape index (κ1) is 13.8. The van der Waals surface area contributed by atoms with Crippen molar-refractivity contribution < 1.29 is 0 Å². The molecule has 17 heavy (non-hydrogen) atoms. The van der Waals surface area contributed by atoms with E-state index in [0.29, 0.717) is 0 Å². The van der Waals surface area contributed by atoms with E-state index in [1.165, 1.54) is 11.3 Å². The highest BCUT2D eigenvalue weighted by atomic mass is 15.3. The van der Waals surface area contributed by atoms with Crippen LogP contribution in [-0.4, -0.2) is 15.8 Å². The van der Waals surface area contributed by atoms with Gasteiger partial charge in [0.2, 0.25) is 0 Å². The van der Waals surface area contributed by atoms with E-state index in [-0.39, 0.29) is 12.1 Å². The van der Waals surface area contributed by atoms with E-state index >= 15 is 0 Å². The molecule has 1 heterocycles. The molecule has 0 fully saturated rings. The molecule has 1 aromatic heterocycles. The normalized spacial score (nSPS) is 14.4. The molecule has 0 aliphatic carbocycles. The molecule has 0 spiro atoms. The Labute approximate surface area is 105 Å². The second-order valence-corrected chi connectivity index (χ2v) is 4.60. The third-order valence-corrected chi connectivity index (χ3v) is 3.23. The molecule has 94 valence electrons. The number of terminal acetylenes is 1. The van der Waals surface area contributed by atoms with Gasteiger partial charge in [0.15, 0.2) is 0 Å². The van der Waals surface area contributed by atoms with Crippen LogP contribution in [0.3, 0.4) is 0 Å². The molecular formula is C14H23N3. The highest BCUT2D eigenvalue weighted by Gasteiger charge is 2.18. The van der Waals surface area contributed by atoms with Crippen LogP contribution in [0.15, 0.2) is 0 Å². The van der Waals surface area contributed by atoms with Gasteiger partial charge in [-0.2, -0.15) is 5.10 Å². The Morgan fingerprint density at radius 3 is 2.53 bits per heavy atom. The van der Waals surface area contributed by atoms with E-state index in [1.807, 2.05) is 18.7 Å². The van der Waals surface area contributed by atoms with E-state index < -0.39 is 0 Å². The molecule has 1 rings (SSSR count). The number of rotatable bonds is 5.